The van der Waals surface area contributed by atoms with Crippen molar-refractivity contribution < 1.29 is 18.8 Å². The summed E-state index contributed by atoms with van der Waals surface area (Å²) in [6.07, 6.45) is 0. The Kier molecular flexibility index (Phi) is 1.96. The fraction of sp³-hybridized carbons (Fsp3) is 0.125. The Labute approximate surface area is 79.5 Å². The first-order chi connectivity index (χ1) is 6.48. The van der Waals surface area contributed by atoms with Crippen LogP contribution in [-0.4, -0.2) is 14.8 Å². The van der Waals surface area contributed by atoms with Gasteiger partial charge in [0, 0.05) is 6.92 Å². The average Bonchev–Trinajstić information content (AvgIpc) is 2.41. The highest BCUT2D eigenvalue weighted by atomic mass is 31.2. The van der Waals surface area contributed by atoms with Gasteiger partial charge in [-0.1, -0.05) is 6.07 Å². The highest BCUT2D eigenvalue weighted by Gasteiger charge is 2.22. The van der Waals surface area contributed by atoms with E-state index in [1.54, 1.807) is 13.0 Å². The summed E-state index contributed by atoms with van der Waals surface area (Å²) in [5, 5.41) is -0.0909. The summed E-state index contributed by atoms with van der Waals surface area (Å²) in [4.78, 5) is 22.0. The summed E-state index contributed by atoms with van der Waals surface area (Å²) in [7, 11) is -4.27. The first-order valence-electron chi connectivity index (χ1n) is 3.91. The molecule has 0 atom stereocenters. The maximum absolute atomic E-state index is 11.1. The van der Waals surface area contributed by atoms with E-state index in [4.69, 9.17) is 14.2 Å². The molecule has 0 amide bonds. The third-order valence-electron chi connectivity index (χ3n) is 1.82. The van der Waals surface area contributed by atoms with Gasteiger partial charge in [-0.3, -0.25) is 4.57 Å². The number of fused-ring (bicyclic) bond motifs is 1. The van der Waals surface area contributed by atoms with Gasteiger partial charge in [0.2, 0.25) is 0 Å². The van der Waals surface area contributed by atoms with Crippen molar-refractivity contribution in [2.24, 2.45) is 0 Å². The highest BCUT2D eigenvalue weighted by molar-refractivity contribution is 7.60. The van der Waals surface area contributed by atoms with Gasteiger partial charge in [-0.05, 0) is 12.1 Å². The molecule has 5 nitrogen and oxygen atoms in total. The minimum Gasteiger partial charge on any atom is -0.441 e. The van der Waals surface area contributed by atoms with Gasteiger partial charge in [0.15, 0.2) is 11.5 Å². The monoisotopic (exact) mass is 213 g/mol. The normalized spacial score (nSPS) is 12.2. The van der Waals surface area contributed by atoms with Gasteiger partial charge >= 0.3 is 7.60 Å². The molecular weight excluding hydrogens is 205 g/mol. The largest absolute Gasteiger partial charge is 0.441 e. The van der Waals surface area contributed by atoms with Crippen LogP contribution in [0.5, 0.6) is 0 Å². The number of benzene rings is 1. The van der Waals surface area contributed by atoms with Gasteiger partial charge in [-0.15, -0.1) is 0 Å². The number of nitrogens with zero attached hydrogens (tertiary/aromatic N) is 1. The number of para-hydroxylation sites is 1. The molecule has 6 heteroatoms. The number of aryl methyl sites for hydroxylation is 1. The molecule has 1 aromatic carbocycles. The third kappa shape index (κ3) is 1.46. The summed E-state index contributed by atoms with van der Waals surface area (Å²) in [5.41, 5.74) is 0.627. The third-order valence-corrected chi connectivity index (χ3v) is 2.81. The summed E-state index contributed by atoms with van der Waals surface area (Å²) in [6.45, 7) is 1.63. The Bertz CT molecular complexity index is 527. The quantitative estimate of drug-likeness (QED) is 0.688. The van der Waals surface area contributed by atoms with E-state index in [1.165, 1.54) is 12.1 Å². The van der Waals surface area contributed by atoms with Crippen molar-refractivity contribution in [3.8, 4) is 0 Å². The molecule has 0 fully saturated rings. The van der Waals surface area contributed by atoms with Crippen molar-refractivity contribution in [3.05, 3.63) is 24.1 Å². The van der Waals surface area contributed by atoms with Crippen molar-refractivity contribution >= 4 is 24.0 Å². The second kappa shape index (κ2) is 2.92. The van der Waals surface area contributed by atoms with Crippen LogP contribution in [0.3, 0.4) is 0 Å². The van der Waals surface area contributed by atoms with Gasteiger partial charge in [-0.25, -0.2) is 4.98 Å². The number of oxazole rings is 1. The van der Waals surface area contributed by atoms with Crippen molar-refractivity contribution in [3.63, 3.8) is 0 Å². The Morgan fingerprint density at radius 1 is 1.43 bits per heavy atom. The molecule has 0 aliphatic rings. The van der Waals surface area contributed by atoms with E-state index < -0.39 is 7.60 Å². The minimum atomic E-state index is -4.27. The molecular formula is C8H8NO4P. The molecule has 0 aliphatic carbocycles. The molecule has 0 saturated carbocycles. The molecule has 0 bridgehead atoms. The van der Waals surface area contributed by atoms with Crippen LogP contribution in [0.15, 0.2) is 22.6 Å². The van der Waals surface area contributed by atoms with Crippen LogP contribution in [0.4, 0.5) is 0 Å². The lowest BCUT2D eigenvalue weighted by Crippen LogP contribution is -2.04. The van der Waals surface area contributed by atoms with Crippen LogP contribution in [0.25, 0.3) is 11.1 Å². The van der Waals surface area contributed by atoms with E-state index in [1.807, 2.05) is 0 Å². The Balaban J connectivity index is 2.83. The molecule has 0 saturated heterocycles. The first kappa shape index (κ1) is 9.40. The fourth-order valence-electron chi connectivity index (χ4n) is 1.28. The number of hydrogen-bond acceptors (Lipinski definition) is 3. The lowest BCUT2D eigenvalue weighted by atomic mass is 10.3. The summed E-state index contributed by atoms with van der Waals surface area (Å²) >= 11 is 0. The first-order valence-corrected chi connectivity index (χ1v) is 5.52. The minimum absolute atomic E-state index is 0.0909. The lowest BCUT2D eigenvalue weighted by Gasteiger charge is -2.02. The predicted octanol–water partition coefficient (Wildman–Crippen LogP) is 0.939. The highest BCUT2D eigenvalue weighted by Crippen LogP contribution is 2.35. The van der Waals surface area contributed by atoms with Gasteiger partial charge in [0.1, 0.15) is 5.52 Å². The lowest BCUT2D eigenvalue weighted by molar-refractivity contribution is 0.387. The standard InChI is InChI=1S/C8H8NO4P/c1-5-9-8-6(13-5)3-2-4-7(8)14(10,11)12/h2-4H,1H3,(H2,10,11,12). The Morgan fingerprint density at radius 3 is 2.79 bits per heavy atom. The van der Waals surface area contributed by atoms with E-state index in [0.29, 0.717) is 11.5 Å². The topological polar surface area (TPSA) is 83.6 Å². The van der Waals surface area contributed by atoms with Crippen molar-refractivity contribution in [1.82, 2.24) is 4.98 Å². The molecule has 1 heterocycles. The maximum Gasteiger partial charge on any atom is 0.358 e. The van der Waals surface area contributed by atoms with Gasteiger partial charge in [0.05, 0.1) is 5.30 Å². The number of rotatable bonds is 1. The van der Waals surface area contributed by atoms with E-state index in [2.05, 4.69) is 4.98 Å². The molecule has 2 N–H and O–H groups in total. The van der Waals surface area contributed by atoms with Crippen molar-refractivity contribution in [1.29, 1.82) is 0 Å². The molecule has 0 unspecified atom stereocenters. The molecule has 0 radical (unpaired) electrons. The van der Waals surface area contributed by atoms with E-state index in [-0.39, 0.29) is 10.8 Å². The Hall–Kier alpha value is -1.16. The second-order valence-corrected chi connectivity index (χ2v) is 4.47. The average molecular weight is 213 g/mol. The molecule has 1 aromatic heterocycles. The SMILES string of the molecule is Cc1nc2c(P(=O)(O)O)cccc2o1. The summed E-state index contributed by atoms with van der Waals surface area (Å²) in [5.74, 6) is 0.390. The van der Waals surface area contributed by atoms with Crippen LogP contribution in [0.2, 0.25) is 0 Å². The predicted molar refractivity (Wildman–Crippen MR) is 50.4 cm³/mol. The van der Waals surface area contributed by atoms with E-state index in [0.717, 1.165) is 0 Å². The van der Waals surface area contributed by atoms with Gasteiger partial charge in [-0.2, -0.15) is 0 Å². The van der Waals surface area contributed by atoms with Gasteiger partial charge < -0.3 is 14.2 Å². The molecule has 14 heavy (non-hydrogen) atoms. The zero-order chi connectivity index (χ0) is 10.3. The molecule has 0 aliphatic heterocycles. The van der Waals surface area contributed by atoms with Crippen molar-refractivity contribution in [2.45, 2.75) is 6.92 Å². The van der Waals surface area contributed by atoms with Crippen LogP contribution in [0, 0.1) is 6.92 Å². The van der Waals surface area contributed by atoms with Gasteiger partial charge in [0.25, 0.3) is 0 Å². The van der Waals surface area contributed by atoms with E-state index in [9.17, 15) is 4.57 Å². The molecule has 2 rings (SSSR count). The van der Waals surface area contributed by atoms with Crippen LogP contribution < -0.4 is 5.30 Å². The number of hydrogen-bond donors (Lipinski definition) is 2. The second-order valence-electron chi connectivity index (χ2n) is 2.90. The summed E-state index contributed by atoms with van der Waals surface area (Å²) < 4.78 is 16.2. The maximum atomic E-state index is 11.1. The molecule has 0 spiro atoms. The Morgan fingerprint density at radius 2 is 2.14 bits per heavy atom. The van der Waals surface area contributed by atoms with Crippen LogP contribution >= 0.6 is 7.60 Å². The fourth-order valence-corrected chi connectivity index (χ4v) is 2.00. The van der Waals surface area contributed by atoms with Crippen LogP contribution in [0.1, 0.15) is 5.89 Å². The smallest absolute Gasteiger partial charge is 0.358 e. The zero-order valence-electron chi connectivity index (χ0n) is 7.34. The number of aromatic nitrogens is 1. The zero-order valence-corrected chi connectivity index (χ0v) is 8.23. The van der Waals surface area contributed by atoms with Crippen molar-refractivity contribution in [2.75, 3.05) is 0 Å². The van der Waals surface area contributed by atoms with E-state index >= 15 is 0 Å². The van der Waals surface area contributed by atoms with Crippen LogP contribution in [-0.2, 0) is 4.57 Å². The molecule has 74 valence electrons. The molecule has 2 aromatic rings. The summed E-state index contributed by atoms with van der Waals surface area (Å²) in [6, 6.07) is 4.50.